The standard InChI is InChI=1S/C20H19N5O2S2/c1-11-9-28-20(23-11)18-17(12-4-5-13-15(7-12)29-10-22-13)24-16(25-18)8-21-19(26)14-3-2-6-27-14/h4-5,7,9-10,14H,2-3,6,8H2,1H3,(H,21,26)(H,24,25)/t14-/m1/s1. The van der Waals surface area contributed by atoms with Crippen molar-refractivity contribution in [2.45, 2.75) is 32.4 Å². The van der Waals surface area contributed by atoms with E-state index in [1.165, 1.54) is 0 Å². The van der Waals surface area contributed by atoms with Crippen LogP contribution < -0.4 is 5.32 Å². The van der Waals surface area contributed by atoms with Crippen LogP contribution in [0, 0.1) is 6.92 Å². The van der Waals surface area contributed by atoms with E-state index in [0.717, 1.165) is 50.7 Å². The second kappa shape index (κ2) is 7.66. The first-order valence-corrected chi connectivity index (χ1v) is 11.2. The van der Waals surface area contributed by atoms with Crippen molar-refractivity contribution in [1.29, 1.82) is 0 Å². The molecule has 1 aliphatic rings. The van der Waals surface area contributed by atoms with Gasteiger partial charge in [-0.05, 0) is 31.9 Å². The lowest BCUT2D eigenvalue weighted by atomic mass is 10.1. The van der Waals surface area contributed by atoms with E-state index < -0.39 is 0 Å². The molecule has 1 atom stereocenters. The number of thiazole rings is 2. The van der Waals surface area contributed by atoms with E-state index in [9.17, 15) is 4.79 Å². The largest absolute Gasteiger partial charge is 0.368 e. The van der Waals surface area contributed by atoms with Gasteiger partial charge in [0.1, 0.15) is 22.6 Å². The third kappa shape index (κ3) is 3.68. The number of aryl methyl sites for hydroxylation is 1. The van der Waals surface area contributed by atoms with Crippen LogP contribution in [0.1, 0.15) is 24.4 Å². The molecular weight excluding hydrogens is 406 g/mol. The molecule has 3 aromatic heterocycles. The van der Waals surface area contributed by atoms with Gasteiger partial charge < -0.3 is 15.0 Å². The summed E-state index contributed by atoms with van der Waals surface area (Å²) in [6.07, 6.45) is 1.35. The molecule has 148 valence electrons. The number of aromatic nitrogens is 4. The minimum Gasteiger partial charge on any atom is -0.368 e. The molecule has 4 aromatic rings. The molecule has 0 radical (unpaired) electrons. The zero-order chi connectivity index (χ0) is 19.8. The Hall–Kier alpha value is -2.62. The van der Waals surface area contributed by atoms with Crippen LogP contribution in [0.4, 0.5) is 0 Å². The average Bonchev–Trinajstić information content (AvgIpc) is 3.52. The maximum absolute atomic E-state index is 12.3. The predicted molar refractivity (Wildman–Crippen MR) is 114 cm³/mol. The highest BCUT2D eigenvalue weighted by atomic mass is 32.1. The Labute approximate surface area is 175 Å². The van der Waals surface area contributed by atoms with Crippen LogP contribution in [0.15, 0.2) is 29.1 Å². The molecule has 5 rings (SSSR count). The lowest BCUT2D eigenvalue weighted by Gasteiger charge is -2.08. The zero-order valence-electron chi connectivity index (χ0n) is 15.8. The van der Waals surface area contributed by atoms with Gasteiger partial charge in [-0.25, -0.2) is 15.0 Å². The number of rotatable bonds is 5. The summed E-state index contributed by atoms with van der Waals surface area (Å²) in [7, 11) is 0. The lowest BCUT2D eigenvalue weighted by Crippen LogP contribution is -2.33. The fraction of sp³-hybridized carbons (Fsp3) is 0.300. The van der Waals surface area contributed by atoms with Gasteiger partial charge in [0.2, 0.25) is 5.91 Å². The van der Waals surface area contributed by atoms with Crippen LogP contribution in [-0.2, 0) is 16.1 Å². The van der Waals surface area contributed by atoms with Crippen molar-refractivity contribution in [3.63, 3.8) is 0 Å². The van der Waals surface area contributed by atoms with E-state index in [-0.39, 0.29) is 12.0 Å². The number of imidazole rings is 1. The molecule has 2 N–H and O–H groups in total. The number of fused-ring (bicyclic) bond motifs is 1. The fourth-order valence-electron chi connectivity index (χ4n) is 3.41. The molecule has 0 bridgehead atoms. The lowest BCUT2D eigenvalue weighted by molar-refractivity contribution is -0.130. The number of nitrogens with one attached hydrogen (secondary N) is 2. The van der Waals surface area contributed by atoms with Crippen molar-refractivity contribution >= 4 is 38.8 Å². The topological polar surface area (TPSA) is 92.8 Å². The average molecular weight is 426 g/mol. The van der Waals surface area contributed by atoms with Gasteiger partial charge in [-0.1, -0.05) is 6.07 Å². The molecule has 0 unspecified atom stereocenters. The van der Waals surface area contributed by atoms with Gasteiger partial charge in [0.05, 0.1) is 28.0 Å². The highest BCUT2D eigenvalue weighted by Gasteiger charge is 2.24. The molecule has 4 heterocycles. The highest BCUT2D eigenvalue weighted by molar-refractivity contribution is 7.16. The highest BCUT2D eigenvalue weighted by Crippen LogP contribution is 2.34. The molecular formula is C20H19N5O2S2. The number of amides is 1. The van der Waals surface area contributed by atoms with Gasteiger partial charge in [-0.3, -0.25) is 4.79 Å². The van der Waals surface area contributed by atoms with Crippen LogP contribution in [0.5, 0.6) is 0 Å². The van der Waals surface area contributed by atoms with Crippen molar-refractivity contribution in [2.24, 2.45) is 0 Å². The second-order valence-corrected chi connectivity index (χ2v) is 8.70. The van der Waals surface area contributed by atoms with Crippen LogP contribution in [0.2, 0.25) is 0 Å². The Morgan fingerprint density at radius 3 is 3.07 bits per heavy atom. The van der Waals surface area contributed by atoms with Crippen LogP contribution in [-0.4, -0.2) is 38.6 Å². The minimum atomic E-state index is -0.348. The maximum atomic E-state index is 12.3. The summed E-state index contributed by atoms with van der Waals surface area (Å²) in [4.78, 5) is 29.4. The summed E-state index contributed by atoms with van der Waals surface area (Å²) in [5.41, 5.74) is 6.49. The fourth-order valence-corrected chi connectivity index (χ4v) is 4.92. The number of hydrogen-bond acceptors (Lipinski definition) is 7. The number of carbonyl (C=O) groups is 1. The van der Waals surface area contributed by atoms with Crippen molar-refractivity contribution in [1.82, 2.24) is 25.3 Å². The minimum absolute atomic E-state index is 0.0850. The van der Waals surface area contributed by atoms with Crippen LogP contribution in [0.3, 0.4) is 0 Å². The number of benzene rings is 1. The van der Waals surface area contributed by atoms with Crippen LogP contribution >= 0.6 is 22.7 Å². The monoisotopic (exact) mass is 425 g/mol. The Balaban J connectivity index is 1.47. The molecule has 0 spiro atoms. The van der Waals surface area contributed by atoms with Gasteiger partial charge >= 0.3 is 0 Å². The van der Waals surface area contributed by atoms with E-state index in [4.69, 9.17) is 9.72 Å². The summed E-state index contributed by atoms with van der Waals surface area (Å²) in [5, 5.41) is 5.83. The van der Waals surface area contributed by atoms with E-state index in [1.54, 1.807) is 22.7 Å². The van der Waals surface area contributed by atoms with E-state index >= 15 is 0 Å². The van der Waals surface area contributed by atoms with Crippen molar-refractivity contribution < 1.29 is 9.53 Å². The first-order chi connectivity index (χ1) is 14.2. The summed E-state index contributed by atoms with van der Waals surface area (Å²) >= 11 is 3.18. The summed E-state index contributed by atoms with van der Waals surface area (Å²) in [5.74, 6) is 0.608. The van der Waals surface area contributed by atoms with Gasteiger partial charge in [0, 0.05) is 23.2 Å². The van der Waals surface area contributed by atoms with Crippen LogP contribution in [0.25, 0.3) is 32.2 Å². The number of carbonyl (C=O) groups excluding carboxylic acids is 1. The SMILES string of the molecule is Cc1csc(-c2[nH]c(CNC(=O)[C@H]3CCCO3)nc2-c2ccc3ncsc3c2)n1. The summed E-state index contributed by atoms with van der Waals surface area (Å²) in [6.45, 7) is 2.94. The predicted octanol–water partition coefficient (Wildman–Crippen LogP) is 3.91. The van der Waals surface area contributed by atoms with Gasteiger partial charge in [0.25, 0.3) is 0 Å². The zero-order valence-corrected chi connectivity index (χ0v) is 17.4. The van der Waals surface area contributed by atoms with E-state index in [2.05, 4.69) is 26.3 Å². The molecule has 9 heteroatoms. The maximum Gasteiger partial charge on any atom is 0.249 e. The van der Waals surface area contributed by atoms with E-state index in [0.29, 0.717) is 19.0 Å². The molecule has 1 aromatic carbocycles. The Morgan fingerprint density at radius 2 is 2.28 bits per heavy atom. The van der Waals surface area contributed by atoms with E-state index in [1.807, 2.05) is 29.9 Å². The molecule has 0 aliphatic carbocycles. The summed E-state index contributed by atoms with van der Waals surface area (Å²) < 4.78 is 6.56. The number of H-pyrrole nitrogens is 1. The molecule has 1 fully saturated rings. The third-order valence-corrected chi connectivity index (χ3v) is 6.61. The number of nitrogens with zero attached hydrogens (tertiary/aromatic N) is 3. The van der Waals surface area contributed by atoms with Crippen molar-refractivity contribution in [3.05, 3.63) is 40.6 Å². The molecule has 29 heavy (non-hydrogen) atoms. The second-order valence-electron chi connectivity index (χ2n) is 6.96. The Morgan fingerprint density at radius 1 is 1.34 bits per heavy atom. The van der Waals surface area contributed by atoms with Gasteiger partial charge in [-0.15, -0.1) is 22.7 Å². The molecule has 7 nitrogen and oxygen atoms in total. The number of aromatic amines is 1. The molecule has 0 saturated carbocycles. The van der Waals surface area contributed by atoms with Gasteiger partial charge in [-0.2, -0.15) is 0 Å². The van der Waals surface area contributed by atoms with Gasteiger partial charge in [0.15, 0.2) is 0 Å². The quantitative estimate of drug-likeness (QED) is 0.506. The number of hydrogen-bond donors (Lipinski definition) is 2. The first kappa shape index (κ1) is 18.4. The Bertz CT molecular complexity index is 1170. The number of ether oxygens (including phenoxy) is 1. The third-order valence-electron chi connectivity index (χ3n) is 4.84. The smallest absolute Gasteiger partial charge is 0.249 e. The van der Waals surface area contributed by atoms with Crippen molar-refractivity contribution in [2.75, 3.05) is 6.61 Å². The van der Waals surface area contributed by atoms with Crippen molar-refractivity contribution in [3.8, 4) is 22.0 Å². The Kier molecular flexibility index (Phi) is 4.86. The normalized spacial score (nSPS) is 16.5. The molecule has 1 saturated heterocycles. The molecule has 1 amide bonds. The molecule has 1 aliphatic heterocycles. The first-order valence-electron chi connectivity index (χ1n) is 9.42. The summed E-state index contributed by atoms with van der Waals surface area (Å²) in [6, 6.07) is 6.13.